The van der Waals surface area contributed by atoms with E-state index >= 15 is 0 Å². The van der Waals surface area contributed by atoms with E-state index in [1.165, 1.54) is 44.9 Å². The fourth-order valence-corrected chi connectivity index (χ4v) is 3.61. The standard InChI is InChI=1S/C12H24N2/c1-14-11(10-5-2-3-6-10)12(9-13)7-4-8-12/h10-11,14H,2-9,13H2,1H3. The molecule has 2 nitrogen and oxygen atoms in total. The molecule has 0 aromatic carbocycles. The molecule has 82 valence electrons. The van der Waals surface area contributed by atoms with E-state index in [0.29, 0.717) is 11.5 Å². The molecule has 2 fully saturated rings. The summed E-state index contributed by atoms with van der Waals surface area (Å²) in [6, 6.07) is 0.698. The number of hydrogen-bond donors (Lipinski definition) is 2. The smallest absolute Gasteiger partial charge is 0.0161 e. The summed E-state index contributed by atoms with van der Waals surface area (Å²) < 4.78 is 0. The highest BCUT2D eigenvalue weighted by Crippen LogP contribution is 2.47. The van der Waals surface area contributed by atoms with Crippen molar-refractivity contribution >= 4 is 0 Å². The Hall–Kier alpha value is -0.0800. The molecule has 3 N–H and O–H groups in total. The van der Waals surface area contributed by atoms with E-state index in [2.05, 4.69) is 12.4 Å². The Morgan fingerprint density at radius 3 is 2.29 bits per heavy atom. The monoisotopic (exact) mass is 196 g/mol. The number of rotatable bonds is 4. The van der Waals surface area contributed by atoms with Crippen LogP contribution in [0.5, 0.6) is 0 Å². The minimum absolute atomic E-state index is 0.462. The van der Waals surface area contributed by atoms with Gasteiger partial charge in [0, 0.05) is 6.04 Å². The Kier molecular flexibility index (Phi) is 3.13. The molecule has 0 spiro atoms. The predicted molar refractivity (Wildman–Crippen MR) is 60.1 cm³/mol. The molecule has 0 amide bonds. The van der Waals surface area contributed by atoms with Crippen molar-refractivity contribution in [3.05, 3.63) is 0 Å². The highest BCUT2D eigenvalue weighted by Gasteiger charge is 2.45. The van der Waals surface area contributed by atoms with Gasteiger partial charge in [0.1, 0.15) is 0 Å². The van der Waals surface area contributed by atoms with E-state index in [1.807, 2.05) is 0 Å². The zero-order valence-electron chi connectivity index (χ0n) is 9.39. The van der Waals surface area contributed by atoms with Gasteiger partial charge in [-0.05, 0) is 50.6 Å². The lowest BCUT2D eigenvalue weighted by molar-refractivity contribution is 0.0563. The zero-order valence-corrected chi connectivity index (χ0v) is 9.39. The third-order valence-corrected chi connectivity index (χ3v) is 4.60. The van der Waals surface area contributed by atoms with Crippen LogP contribution in [0.4, 0.5) is 0 Å². The van der Waals surface area contributed by atoms with Crippen LogP contribution >= 0.6 is 0 Å². The van der Waals surface area contributed by atoms with Gasteiger partial charge in [-0.2, -0.15) is 0 Å². The van der Waals surface area contributed by atoms with E-state index in [1.54, 1.807) is 0 Å². The van der Waals surface area contributed by atoms with Crippen molar-refractivity contribution in [2.24, 2.45) is 17.1 Å². The van der Waals surface area contributed by atoms with Crippen LogP contribution in [0.3, 0.4) is 0 Å². The molecule has 1 unspecified atom stereocenters. The SMILES string of the molecule is CNC(C1CCCC1)C1(CN)CCC1. The number of nitrogens with one attached hydrogen (secondary N) is 1. The maximum absolute atomic E-state index is 5.97. The lowest BCUT2D eigenvalue weighted by Crippen LogP contribution is -2.55. The first kappa shape index (κ1) is 10.4. The van der Waals surface area contributed by atoms with E-state index in [4.69, 9.17) is 5.73 Å². The van der Waals surface area contributed by atoms with Crippen LogP contribution in [-0.2, 0) is 0 Å². The molecule has 2 heteroatoms. The Morgan fingerprint density at radius 1 is 1.29 bits per heavy atom. The lowest BCUT2D eigenvalue weighted by atomic mass is 9.61. The van der Waals surface area contributed by atoms with E-state index < -0.39 is 0 Å². The Balaban J connectivity index is 2.03. The Morgan fingerprint density at radius 2 is 1.93 bits per heavy atom. The average molecular weight is 196 g/mol. The van der Waals surface area contributed by atoms with Crippen molar-refractivity contribution in [3.63, 3.8) is 0 Å². The molecule has 0 radical (unpaired) electrons. The van der Waals surface area contributed by atoms with E-state index in [9.17, 15) is 0 Å². The third kappa shape index (κ3) is 1.59. The highest BCUT2D eigenvalue weighted by atomic mass is 14.9. The van der Waals surface area contributed by atoms with Gasteiger partial charge in [-0.15, -0.1) is 0 Å². The third-order valence-electron chi connectivity index (χ3n) is 4.60. The van der Waals surface area contributed by atoms with Crippen molar-refractivity contribution in [1.82, 2.24) is 5.32 Å². The van der Waals surface area contributed by atoms with Gasteiger partial charge < -0.3 is 11.1 Å². The molecule has 0 aromatic rings. The predicted octanol–water partition coefficient (Wildman–Crippen LogP) is 1.89. The molecule has 0 bridgehead atoms. The van der Waals surface area contributed by atoms with Crippen molar-refractivity contribution in [2.75, 3.05) is 13.6 Å². The number of hydrogen-bond acceptors (Lipinski definition) is 2. The fourth-order valence-electron chi connectivity index (χ4n) is 3.61. The maximum Gasteiger partial charge on any atom is 0.0161 e. The van der Waals surface area contributed by atoms with Gasteiger partial charge in [0.15, 0.2) is 0 Å². The van der Waals surface area contributed by atoms with Crippen LogP contribution in [0, 0.1) is 11.3 Å². The Bertz CT molecular complexity index is 175. The molecular formula is C12H24N2. The van der Waals surface area contributed by atoms with Crippen molar-refractivity contribution in [3.8, 4) is 0 Å². The van der Waals surface area contributed by atoms with Crippen molar-refractivity contribution < 1.29 is 0 Å². The summed E-state index contributed by atoms with van der Waals surface area (Å²) in [5, 5.41) is 3.56. The topological polar surface area (TPSA) is 38.0 Å². The summed E-state index contributed by atoms with van der Waals surface area (Å²) >= 11 is 0. The van der Waals surface area contributed by atoms with Crippen LogP contribution in [0.2, 0.25) is 0 Å². The first-order valence-corrected chi connectivity index (χ1v) is 6.20. The summed E-state index contributed by atoms with van der Waals surface area (Å²) in [6.07, 6.45) is 9.81. The van der Waals surface area contributed by atoms with Crippen LogP contribution in [0.1, 0.15) is 44.9 Å². The van der Waals surface area contributed by atoms with Gasteiger partial charge in [-0.25, -0.2) is 0 Å². The summed E-state index contributed by atoms with van der Waals surface area (Å²) in [6.45, 7) is 0.884. The van der Waals surface area contributed by atoms with Crippen molar-refractivity contribution in [1.29, 1.82) is 0 Å². The molecule has 2 aliphatic carbocycles. The van der Waals surface area contributed by atoms with Crippen LogP contribution in [-0.4, -0.2) is 19.6 Å². The summed E-state index contributed by atoms with van der Waals surface area (Å²) in [4.78, 5) is 0. The molecule has 14 heavy (non-hydrogen) atoms. The first-order valence-electron chi connectivity index (χ1n) is 6.20. The average Bonchev–Trinajstić information content (AvgIpc) is 2.63. The van der Waals surface area contributed by atoms with Gasteiger partial charge in [0.2, 0.25) is 0 Å². The zero-order chi connectivity index (χ0) is 10.0. The highest BCUT2D eigenvalue weighted by molar-refractivity contribution is 5.01. The molecule has 2 saturated carbocycles. The molecule has 2 aliphatic rings. The minimum atomic E-state index is 0.462. The van der Waals surface area contributed by atoms with Gasteiger partial charge in [-0.3, -0.25) is 0 Å². The largest absolute Gasteiger partial charge is 0.330 e. The van der Waals surface area contributed by atoms with Crippen LogP contribution in [0.25, 0.3) is 0 Å². The summed E-state index contributed by atoms with van der Waals surface area (Å²) in [7, 11) is 2.12. The fraction of sp³-hybridized carbons (Fsp3) is 1.00. The van der Waals surface area contributed by atoms with Gasteiger partial charge in [0.25, 0.3) is 0 Å². The Labute approximate surface area is 87.6 Å². The molecular weight excluding hydrogens is 172 g/mol. The summed E-state index contributed by atoms with van der Waals surface area (Å²) in [5.74, 6) is 0.906. The van der Waals surface area contributed by atoms with Gasteiger partial charge in [0.05, 0.1) is 0 Å². The maximum atomic E-state index is 5.97. The summed E-state index contributed by atoms with van der Waals surface area (Å²) in [5.41, 5.74) is 6.43. The molecule has 0 aromatic heterocycles. The lowest BCUT2D eigenvalue weighted by Gasteiger charge is -2.49. The molecule has 0 heterocycles. The van der Waals surface area contributed by atoms with Gasteiger partial charge in [-0.1, -0.05) is 19.3 Å². The second-order valence-electron chi connectivity index (χ2n) is 5.23. The second kappa shape index (κ2) is 4.19. The van der Waals surface area contributed by atoms with Gasteiger partial charge >= 0.3 is 0 Å². The molecule has 0 aliphatic heterocycles. The van der Waals surface area contributed by atoms with Crippen LogP contribution in [0.15, 0.2) is 0 Å². The second-order valence-corrected chi connectivity index (χ2v) is 5.23. The molecule has 1 atom stereocenters. The normalized spacial score (nSPS) is 28.7. The van der Waals surface area contributed by atoms with E-state index in [0.717, 1.165) is 12.5 Å². The molecule has 0 saturated heterocycles. The van der Waals surface area contributed by atoms with E-state index in [-0.39, 0.29) is 0 Å². The molecule has 2 rings (SSSR count). The quantitative estimate of drug-likeness (QED) is 0.720. The van der Waals surface area contributed by atoms with Crippen molar-refractivity contribution in [2.45, 2.75) is 51.0 Å². The number of nitrogens with two attached hydrogens (primary N) is 1. The minimum Gasteiger partial charge on any atom is -0.330 e. The van der Waals surface area contributed by atoms with Crippen LogP contribution < -0.4 is 11.1 Å². The first-order chi connectivity index (χ1) is 6.82.